The maximum atomic E-state index is 12.7. The van der Waals surface area contributed by atoms with Crippen LogP contribution < -0.4 is 5.32 Å². The number of hydrogen-bond acceptors (Lipinski definition) is 3. The van der Waals surface area contributed by atoms with Gasteiger partial charge in [-0.25, -0.2) is 0 Å². The first-order valence-electron chi connectivity index (χ1n) is 9.27. The van der Waals surface area contributed by atoms with Crippen LogP contribution >= 0.6 is 0 Å². The zero-order valence-corrected chi connectivity index (χ0v) is 16.2. The molecule has 0 atom stereocenters. The van der Waals surface area contributed by atoms with Crippen LogP contribution in [0.25, 0.3) is 0 Å². The summed E-state index contributed by atoms with van der Waals surface area (Å²) in [6, 6.07) is 11.5. The van der Waals surface area contributed by atoms with Crippen molar-refractivity contribution >= 4 is 17.5 Å². The molecule has 1 heterocycles. The van der Waals surface area contributed by atoms with Crippen LogP contribution in [0.4, 0.5) is 5.69 Å². The zero-order chi connectivity index (χ0) is 19.4. The van der Waals surface area contributed by atoms with Crippen LogP contribution in [-0.2, 0) is 16.0 Å². The molecule has 1 fully saturated rings. The van der Waals surface area contributed by atoms with Gasteiger partial charge in [0.2, 0.25) is 5.91 Å². The second-order valence-electron chi connectivity index (χ2n) is 7.09. The van der Waals surface area contributed by atoms with E-state index in [-0.39, 0.29) is 11.8 Å². The normalized spacial score (nSPS) is 14.1. The summed E-state index contributed by atoms with van der Waals surface area (Å²) in [7, 11) is 0. The van der Waals surface area contributed by atoms with Crippen LogP contribution in [-0.4, -0.2) is 43.0 Å². The molecule has 1 aliphatic heterocycles. The van der Waals surface area contributed by atoms with Gasteiger partial charge in [0.1, 0.15) is 0 Å². The molecule has 1 N–H and O–H groups in total. The number of benzene rings is 2. The molecule has 5 heteroatoms. The Morgan fingerprint density at radius 1 is 1.00 bits per heavy atom. The summed E-state index contributed by atoms with van der Waals surface area (Å²) in [5.74, 6) is 0.00290. The quantitative estimate of drug-likeness (QED) is 0.903. The summed E-state index contributed by atoms with van der Waals surface area (Å²) in [6.45, 7) is 8.46. The number of rotatable bonds is 4. The first kappa shape index (κ1) is 19.1. The molecule has 2 aromatic rings. The number of aryl methyl sites for hydroxylation is 3. The lowest BCUT2D eigenvalue weighted by molar-refractivity contribution is -0.134. The first-order chi connectivity index (χ1) is 12.9. The molecule has 1 saturated heterocycles. The number of ether oxygens (including phenoxy) is 1. The molecule has 142 valence electrons. The minimum atomic E-state index is -0.109. The van der Waals surface area contributed by atoms with E-state index in [9.17, 15) is 9.59 Å². The Kier molecular flexibility index (Phi) is 5.91. The van der Waals surface area contributed by atoms with Gasteiger partial charge in [0.25, 0.3) is 5.91 Å². The van der Waals surface area contributed by atoms with Gasteiger partial charge < -0.3 is 15.0 Å². The van der Waals surface area contributed by atoms with Crippen LogP contribution in [0.1, 0.15) is 32.6 Å². The van der Waals surface area contributed by atoms with Crippen molar-refractivity contribution in [3.63, 3.8) is 0 Å². The van der Waals surface area contributed by atoms with Crippen LogP contribution in [0.2, 0.25) is 0 Å². The minimum absolute atomic E-state index is 0.109. The molecule has 27 heavy (non-hydrogen) atoms. The predicted molar refractivity (Wildman–Crippen MR) is 106 cm³/mol. The molecule has 1 aliphatic rings. The highest BCUT2D eigenvalue weighted by atomic mass is 16.5. The lowest BCUT2D eigenvalue weighted by atomic mass is 9.99. The van der Waals surface area contributed by atoms with E-state index in [4.69, 9.17) is 4.74 Å². The van der Waals surface area contributed by atoms with Crippen LogP contribution in [0.5, 0.6) is 0 Å². The number of hydrogen-bond donors (Lipinski definition) is 1. The molecule has 2 amide bonds. The lowest BCUT2D eigenvalue weighted by Gasteiger charge is -2.26. The third-order valence-corrected chi connectivity index (χ3v) is 4.84. The Labute approximate surface area is 160 Å². The summed E-state index contributed by atoms with van der Waals surface area (Å²) < 4.78 is 5.28. The average molecular weight is 366 g/mol. The summed E-state index contributed by atoms with van der Waals surface area (Å²) in [5, 5.41) is 2.95. The van der Waals surface area contributed by atoms with E-state index in [1.54, 1.807) is 0 Å². The van der Waals surface area contributed by atoms with Gasteiger partial charge in [0.15, 0.2) is 0 Å². The second kappa shape index (κ2) is 8.35. The van der Waals surface area contributed by atoms with Gasteiger partial charge in [0.05, 0.1) is 19.6 Å². The number of morpholine rings is 1. The van der Waals surface area contributed by atoms with Crippen molar-refractivity contribution in [1.29, 1.82) is 0 Å². The lowest BCUT2D eigenvalue weighted by Crippen LogP contribution is -2.41. The zero-order valence-electron chi connectivity index (χ0n) is 16.2. The highest BCUT2D eigenvalue weighted by Crippen LogP contribution is 2.19. The third kappa shape index (κ3) is 4.74. The number of carbonyl (C=O) groups is 2. The number of nitrogens with one attached hydrogen (secondary N) is 1. The SMILES string of the molecule is Cc1cc(C)c(C(=O)Nc2ccc(CC(=O)N3CCOCC3)cc2)c(C)c1. The Hall–Kier alpha value is -2.66. The number of nitrogens with zero attached hydrogens (tertiary/aromatic N) is 1. The van der Waals surface area contributed by atoms with Crippen LogP contribution in [0.15, 0.2) is 36.4 Å². The van der Waals surface area contributed by atoms with Crippen LogP contribution in [0, 0.1) is 20.8 Å². The molecular formula is C22H26N2O3. The van der Waals surface area contributed by atoms with Crippen molar-refractivity contribution in [3.05, 3.63) is 64.2 Å². The van der Waals surface area contributed by atoms with E-state index >= 15 is 0 Å². The Morgan fingerprint density at radius 2 is 1.59 bits per heavy atom. The van der Waals surface area contributed by atoms with Gasteiger partial charge >= 0.3 is 0 Å². The average Bonchev–Trinajstić information content (AvgIpc) is 2.63. The van der Waals surface area contributed by atoms with E-state index in [1.165, 1.54) is 0 Å². The molecule has 0 radical (unpaired) electrons. The van der Waals surface area contributed by atoms with E-state index < -0.39 is 0 Å². The van der Waals surface area contributed by atoms with Crippen molar-refractivity contribution < 1.29 is 14.3 Å². The summed E-state index contributed by atoms with van der Waals surface area (Å²) in [6.07, 6.45) is 0.365. The maximum Gasteiger partial charge on any atom is 0.256 e. The topological polar surface area (TPSA) is 58.6 Å². The Morgan fingerprint density at radius 3 is 2.19 bits per heavy atom. The molecule has 0 spiro atoms. The fraction of sp³-hybridized carbons (Fsp3) is 0.364. The molecule has 0 aliphatic carbocycles. The first-order valence-corrected chi connectivity index (χ1v) is 9.27. The van der Waals surface area contributed by atoms with Crippen molar-refractivity contribution in [2.45, 2.75) is 27.2 Å². The number of carbonyl (C=O) groups excluding carboxylic acids is 2. The molecule has 0 unspecified atom stereocenters. The molecule has 2 aromatic carbocycles. The van der Waals surface area contributed by atoms with Crippen molar-refractivity contribution in [1.82, 2.24) is 4.90 Å². The molecule has 5 nitrogen and oxygen atoms in total. The van der Waals surface area contributed by atoms with Crippen molar-refractivity contribution in [3.8, 4) is 0 Å². The highest BCUT2D eigenvalue weighted by molar-refractivity contribution is 6.06. The summed E-state index contributed by atoms with van der Waals surface area (Å²) >= 11 is 0. The Bertz CT molecular complexity index is 814. The van der Waals surface area contributed by atoms with Gasteiger partial charge in [-0.3, -0.25) is 9.59 Å². The standard InChI is InChI=1S/C22H26N2O3/c1-15-12-16(2)21(17(3)13-15)22(26)23-19-6-4-18(5-7-19)14-20(25)24-8-10-27-11-9-24/h4-7,12-13H,8-11,14H2,1-3H3,(H,23,26). The van der Waals surface area contributed by atoms with E-state index in [2.05, 4.69) is 5.32 Å². The molecule has 0 aromatic heterocycles. The Balaban J connectivity index is 1.64. The molecule has 0 bridgehead atoms. The van der Waals surface area contributed by atoms with E-state index in [0.29, 0.717) is 38.3 Å². The largest absolute Gasteiger partial charge is 0.378 e. The molecule has 0 saturated carbocycles. The van der Waals surface area contributed by atoms with E-state index in [0.717, 1.165) is 27.9 Å². The van der Waals surface area contributed by atoms with Crippen molar-refractivity contribution in [2.75, 3.05) is 31.6 Å². The van der Waals surface area contributed by atoms with Crippen molar-refractivity contribution in [2.24, 2.45) is 0 Å². The van der Waals surface area contributed by atoms with Gasteiger partial charge in [0, 0.05) is 24.3 Å². The number of amides is 2. The van der Waals surface area contributed by atoms with Gasteiger partial charge in [-0.1, -0.05) is 29.8 Å². The third-order valence-electron chi connectivity index (χ3n) is 4.84. The summed E-state index contributed by atoms with van der Waals surface area (Å²) in [4.78, 5) is 26.8. The predicted octanol–water partition coefficient (Wildman–Crippen LogP) is 3.27. The summed E-state index contributed by atoms with van der Waals surface area (Å²) in [5.41, 5.74) is 5.47. The number of anilines is 1. The highest BCUT2D eigenvalue weighted by Gasteiger charge is 2.17. The smallest absolute Gasteiger partial charge is 0.256 e. The fourth-order valence-corrected chi connectivity index (χ4v) is 3.54. The van der Waals surface area contributed by atoms with Crippen LogP contribution in [0.3, 0.4) is 0 Å². The minimum Gasteiger partial charge on any atom is -0.378 e. The molecular weight excluding hydrogens is 340 g/mol. The fourth-order valence-electron chi connectivity index (χ4n) is 3.54. The monoisotopic (exact) mass is 366 g/mol. The van der Waals surface area contributed by atoms with E-state index in [1.807, 2.05) is 62.1 Å². The van der Waals surface area contributed by atoms with Gasteiger partial charge in [-0.2, -0.15) is 0 Å². The van der Waals surface area contributed by atoms with Gasteiger partial charge in [-0.15, -0.1) is 0 Å². The second-order valence-corrected chi connectivity index (χ2v) is 7.09. The van der Waals surface area contributed by atoms with Gasteiger partial charge in [-0.05, 0) is 49.6 Å². The maximum absolute atomic E-state index is 12.7. The molecule has 3 rings (SSSR count).